The Hall–Kier alpha value is -2.04. The molecule has 0 saturated heterocycles. The summed E-state index contributed by atoms with van der Waals surface area (Å²) in [6.45, 7) is 4.71. The minimum absolute atomic E-state index is 0.0436. The smallest absolute Gasteiger partial charge is 0.126 e. The van der Waals surface area contributed by atoms with E-state index >= 15 is 0 Å². The van der Waals surface area contributed by atoms with Gasteiger partial charge in [0.25, 0.3) is 0 Å². The van der Waals surface area contributed by atoms with Crippen LogP contribution in [0.1, 0.15) is 25.5 Å². The van der Waals surface area contributed by atoms with Gasteiger partial charge < -0.3 is 10.4 Å². The van der Waals surface area contributed by atoms with Crippen LogP contribution in [-0.2, 0) is 6.54 Å². The zero-order valence-corrected chi connectivity index (χ0v) is 10.4. The van der Waals surface area contributed by atoms with Gasteiger partial charge in [-0.15, -0.1) is 0 Å². The summed E-state index contributed by atoms with van der Waals surface area (Å²) in [7, 11) is 0. The number of nitrogens with zero attached hydrogens (tertiary/aromatic N) is 2. The van der Waals surface area contributed by atoms with Crippen molar-refractivity contribution in [3.8, 4) is 5.75 Å². The number of phenolic OH excluding ortho intramolecular Hbond substituents is 1. The van der Waals surface area contributed by atoms with Crippen LogP contribution in [0.15, 0.2) is 30.6 Å². The molecule has 2 rings (SSSR count). The molecule has 2 aromatic rings. The fraction of sp³-hybridized carbons (Fsp3) is 0.308. The summed E-state index contributed by atoms with van der Waals surface area (Å²) in [5.74, 6) is -0.486. The summed E-state index contributed by atoms with van der Waals surface area (Å²) in [4.78, 5) is 0. The Morgan fingerprint density at radius 2 is 2.28 bits per heavy atom. The molecule has 18 heavy (non-hydrogen) atoms. The second-order valence-corrected chi connectivity index (χ2v) is 4.15. The molecule has 1 aromatic carbocycles. The predicted octanol–water partition coefficient (Wildman–Crippen LogP) is 2.92. The number of rotatable bonds is 4. The minimum atomic E-state index is -0.442. The quantitative estimate of drug-likeness (QED) is 0.876. The van der Waals surface area contributed by atoms with E-state index in [2.05, 4.69) is 10.4 Å². The van der Waals surface area contributed by atoms with E-state index in [1.54, 1.807) is 16.9 Å². The van der Waals surface area contributed by atoms with Crippen molar-refractivity contribution in [3.63, 3.8) is 0 Å². The predicted molar refractivity (Wildman–Crippen MR) is 68.0 cm³/mol. The van der Waals surface area contributed by atoms with Gasteiger partial charge in [0.15, 0.2) is 0 Å². The average molecular weight is 249 g/mol. The number of phenols is 1. The van der Waals surface area contributed by atoms with Crippen molar-refractivity contribution >= 4 is 5.69 Å². The lowest BCUT2D eigenvalue weighted by molar-refractivity contribution is 0.459. The van der Waals surface area contributed by atoms with Crippen molar-refractivity contribution in [1.82, 2.24) is 9.78 Å². The van der Waals surface area contributed by atoms with E-state index in [1.165, 1.54) is 6.07 Å². The second kappa shape index (κ2) is 5.08. The van der Waals surface area contributed by atoms with E-state index in [0.29, 0.717) is 5.56 Å². The lowest BCUT2D eigenvalue weighted by Gasteiger charge is -2.15. The van der Waals surface area contributed by atoms with Crippen LogP contribution in [0.5, 0.6) is 5.75 Å². The molecule has 1 unspecified atom stereocenters. The monoisotopic (exact) mass is 249 g/mol. The van der Waals surface area contributed by atoms with Crippen LogP contribution in [0.4, 0.5) is 10.1 Å². The van der Waals surface area contributed by atoms with Gasteiger partial charge >= 0.3 is 0 Å². The molecule has 4 nitrogen and oxygen atoms in total. The van der Waals surface area contributed by atoms with Crippen molar-refractivity contribution in [3.05, 3.63) is 42.0 Å². The van der Waals surface area contributed by atoms with Crippen molar-refractivity contribution in [1.29, 1.82) is 0 Å². The summed E-state index contributed by atoms with van der Waals surface area (Å²) in [6, 6.07) is 3.90. The first-order chi connectivity index (χ1) is 8.60. The fourth-order valence-electron chi connectivity index (χ4n) is 1.82. The maximum atomic E-state index is 12.9. The highest BCUT2D eigenvalue weighted by atomic mass is 19.1. The van der Waals surface area contributed by atoms with Gasteiger partial charge in [-0.3, -0.25) is 4.68 Å². The van der Waals surface area contributed by atoms with Crippen LogP contribution < -0.4 is 5.32 Å². The van der Waals surface area contributed by atoms with E-state index < -0.39 is 5.82 Å². The molecule has 2 N–H and O–H groups in total. The standard InChI is InChI=1S/C13H16FN3O/c1-3-17-8-11(7-15-17)16-9(2)12-5-4-10(14)6-13(12)18/h4-9,16,18H,3H2,1-2H3. The minimum Gasteiger partial charge on any atom is -0.507 e. The van der Waals surface area contributed by atoms with E-state index in [4.69, 9.17) is 0 Å². The SMILES string of the molecule is CCn1cc(NC(C)c2ccc(F)cc2O)cn1. The highest BCUT2D eigenvalue weighted by Gasteiger charge is 2.11. The highest BCUT2D eigenvalue weighted by molar-refractivity contribution is 5.44. The van der Waals surface area contributed by atoms with Crippen LogP contribution in [-0.4, -0.2) is 14.9 Å². The van der Waals surface area contributed by atoms with Gasteiger partial charge in [0, 0.05) is 24.4 Å². The number of anilines is 1. The summed E-state index contributed by atoms with van der Waals surface area (Å²) < 4.78 is 14.7. The third kappa shape index (κ3) is 2.61. The molecule has 0 saturated carbocycles. The summed E-state index contributed by atoms with van der Waals surface area (Å²) in [6.07, 6.45) is 3.61. The first-order valence-electron chi connectivity index (χ1n) is 5.87. The zero-order chi connectivity index (χ0) is 13.1. The maximum Gasteiger partial charge on any atom is 0.126 e. The van der Waals surface area contributed by atoms with Gasteiger partial charge in [0.1, 0.15) is 11.6 Å². The molecule has 0 fully saturated rings. The molecule has 5 heteroatoms. The fourth-order valence-corrected chi connectivity index (χ4v) is 1.82. The van der Waals surface area contributed by atoms with E-state index in [0.717, 1.165) is 18.3 Å². The van der Waals surface area contributed by atoms with Crippen LogP contribution in [0, 0.1) is 5.82 Å². The van der Waals surface area contributed by atoms with Gasteiger partial charge in [0.05, 0.1) is 17.9 Å². The van der Waals surface area contributed by atoms with Crippen LogP contribution in [0.3, 0.4) is 0 Å². The maximum absolute atomic E-state index is 12.9. The Labute approximate surface area is 105 Å². The molecular formula is C13H16FN3O. The van der Waals surface area contributed by atoms with Crippen molar-refractivity contribution in [2.24, 2.45) is 0 Å². The number of halogens is 1. The van der Waals surface area contributed by atoms with Gasteiger partial charge in [-0.2, -0.15) is 5.10 Å². The molecule has 0 spiro atoms. The number of benzene rings is 1. The van der Waals surface area contributed by atoms with E-state index in [1.807, 2.05) is 20.0 Å². The lowest BCUT2D eigenvalue weighted by Crippen LogP contribution is -2.06. The Morgan fingerprint density at radius 3 is 2.89 bits per heavy atom. The van der Waals surface area contributed by atoms with E-state index in [9.17, 15) is 9.50 Å². The Kier molecular flexibility index (Phi) is 3.50. The normalized spacial score (nSPS) is 12.4. The van der Waals surface area contributed by atoms with Gasteiger partial charge in [-0.25, -0.2) is 4.39 Å². The molecule has 0 aliphatic rings. The van der Waals surface area contributed by atoms with E-state index in [-0.39, 0.29) is 11.8 Å². The number of hydrogen-bond acceptors (Lipinski definition) is 3. The van der Waals surface area contributed by atoms with Crippen LogP contribution in [0.2, 0.25) is 0 Å². The van der Waals surface area contributed by atoms with Crippen LogP contribution in [0.25, 0.3) is 0 Å². The Bertz CT molecular complexity index is 539. The van der Waals surface area contributed by atoms with Gasteiger partial charge in [-0.05, 0) is 19.9 Å². The van der Waals surface area contributed by atoms with Crippen molar-refractivity contribution in [2.45, 2.75) is 26.4 Å². The molecule has 0 radical (unpaired) electrons. The summed E-state index contributed by atoms with van der Waals surface area (Å²) in [5.41, 5.74) is 1.52. The first-order valence-corrected chi connectivity index (χ1v) is 5.87. The third-order valence-electron chi connectivity index (χ3n) is 2.80. The molecule has 96 valence electrons. The Morgan fingerprint density at radius 1 is 1.50 bits per heavy atom. The molecule has 1 aromatic heterocycles. The third-order valence-corrected chi connectivity index (χ3v) is 2.80. The number of aryl methyl sites for hydroxylation is 1. The Balaban J connectivity index is 2.13. The number of hydrogen-bond donors (Lipinski definition) is 2. The van der Waals surface area contributed by atoms with Gasteiger partial charge in [-0.1, -0.05) is 6.07 Å². The average Bonchev–Trinajstić information content (AvgIpc) is 2.76. The molecule has 0 aliphatic heterocycles. The summed E-state index contributed by atoms with van der Waals surface area (Å²) in [5, 5.41) is 17.0. The lowest BCUT2D eigenvalue weighted by atomic mass is 10.1. The molecule has 0 amide bonds. The molecule has 1 heterocycles. The molecular weight excluding hydrogens is 233 g/mol. The number of aromatic nitrogens is 2. The van der Waals surface area contributed by atoms with Gasteiger partial charge in [0.2, 0.25) is 0 Å². The molecule has 0 bridgehead atoms. The topological polar surface area (TPSA) is 50.1 Å². The second-order valence-electron chi connectivity index (χ2n) is 4.15. The van der Waals surface area contributed by atoms with Crippen molar-refractivity contribution < 1.29 is 9.50 Å². The summed E-state index contributed by atoms with van der Waals surface area (Å²) >= 11 is 0. The van der Waals surface area contributed by atoms with Crippen molar-refractivity contribution in [2.75, 3.05) is 5.32 Å². The largest absolute Gasteiger partial charge is 0.507 e. The highest BCUT2D eigenvalue weighted by Crippen LogP contribution is 2.27. The molecule has 1 atom stereocenters. The molecule has 0 aliphatic carbocycles. The van der Waals surface area contributed by atoms with Crippen LogP contribution >= 0.6 is 0 Å². The number of aromatic hydroxyl groups is 1. The first kappa shape index (κ1) is 12.4. The number of nitrogens with one attached hydrogen (secondary N) is 1. The zero-order valence-electron chi connectivity index (χ0n) is 10.4.